The Kier molecular flexibility index (Phi) is 25.0. The number of fused-ring (bicyclic) bond motifs is 1. The van der Waals surface area contributed by atoms with Crippen LogP contribution in [0.1, 0.15) is 98.8 Å². The molecule has 0 radical (unpaired) electrons. The van der Waals surface area contributed by atoms with Crippen LogP contribution in [0.25, 0.3) is 0 Å². The van der Waals surface area contributed by atoms with E-state index in [0.717, 1.165) is 49.4 Å². The van der Waals surface area contributed by atoms with E-state index in [-0.39, 0.29) is 48.9 Å². The van der Waals surface area contributed by atoms with Gasteiger partial charge in [0, 0.05) is 26.2 Å². The Bertz CT molecular complexity index is 692. The van der Waals surface area contributed by atoms with Gasteiger partial charge in [0.2, 0.25) is 23.6 Å². The zero-order chi connectivity index (χ0) is 30.9. The Balaban J connectivity index is 0. The topological polar surface area (TPSA) is 140 Å². The van der Waals surface area contributed by atoms with Gasteiger partial charge in [-0.3, -0.25) is 24.0 Å². The Labute approximate surface area is 242 Å². The second-order valence-electron chi connectivity index (χ2n) is 9.80. The van der Waals surface area contributed by atoms with Crippen LogP contribution in [-0.2, 0) is 24.0 Å². The highest BCUT2D eigenvalue weighted by Crippen LogP contribution is 2.20. The van der Waals surface area contributed by atoms with E-state index in [4.69, 9.17) is 5.11 Å². The molecule has 4 N–H and O–H groups in total. The summed E-state index contributed by atoms with van der Waals surface area (Å²) in [6.07, 6.45) is 10.9. The molecule has 2 fully saturated rings. The highest BCUT2D eigenvalue weighted by molar-refractivity contribution is 5.90. The maximum Gasteiger partial charge on any atom is 0.243 e. The lowest BCUT2D eigenvalue weighted by molar-refractivity contribution is -0.165. The molecular formula is C29H57N5O6. The molecular weight excluding hydrogens is 514 g/mol. The molecule has 2 heterocycles. The van der Waals surface area contributed by atoms with E-state index < -0.39 is 0 Å². The number of rotatable bonds is 7. The molecule has 2 unspecified atom stereocenters. The number of hydroxylamine groups is 2. The molecule has 0 aromatic carbocycles. The lowest BCUT2D eigenvalue weighted by atomic mass is 10.0. The van der Waals surface area contributed by atoms with Crippen LogP contribution in [0.5, 0.6) is 0 Å². The van der Waals surface area contributed by atoms with Crippen molar-refractivity contribution in [3.05, 3.63) is 12.3 Å². The van der Waals surface area contributed by atoms with Crippen molar-refractivity contribution in [1.82, 2.24) is 25.9 Å². The zero-order valence-electron chi connectivity index (χ0n) is 26.1. The first-order valence-electron chi connectivity index (χ1n) is 14.7. The summed E-state index contributed by atoms with van der Waals surface area (Å²) in [4.78, 5) is 51.8. The molecule has 2 atom stereocenters. The number of amides is 4. The van der Waals surface area contributed by atoms with Gasteiger partial charge in [0.05, 0.1) is 32.8 Å². The van der Waals surface area contributed by atoms with Crippen molar-refractivity contribution in [2.45, 2.75) is 111 Å². The van der Waals surface area contributed by atoms with Crippen LogP contribution in [0.2, 0.25) is 0 Å². The number of piperidine rings is 1. The third-order valence-corrected chi connectivity index (χ3v) is 6.40. The molecule has 11 nitrogen and oxygen atoms in total. The number of aliphatic hydroxyl groups is 1. The van der Waals surface area contributed by atoms with Gasteiger partial charge in [0.1, 0.15) is 6.04 Å². The molecule has 0 aromatic heterocycles. The Morgan fingerprint density at radius 3 is 2.05 bits per heavy atom. The summed E-state index contributed by atoms with van der Waals surface area (Å²) in [5.74, 6) is -0.884. The van der Waals surface area contributed by atoms with E-state index in [0.29, 0.717) is 6.54 Å². The minimum absolute atomic E-state index is 0.0449. The van der Waals surface area contributed by atoms with Crippen LogP contribution in [-0.4, -0.2) is 91.2 Å². The maximum absolute atomic E-state index is 12.2. The zero-order valence-corrected chi connectivity index (χ0v) is 26.1. The van der Waals surface area contributed by atoms with Gasteiger partial charge in [-0.25, -0.2) is 5.06 Å². The summed E-state index contributed by atoms with van der Waals surface area (Å²) in [6, 6.07) is -0.305. The molecule has 0 spiro atoms. The third kappa shape index (κ3) is 20.3. The standard InChI is InChI=1S/C13H20N4O3.C8H18O.C4H9NO2.C4H10/c1-9-6-14-11(18)7-15-12(19)8-16-13(20)10-4-2-3-5-17(9)10;1-3-5-6-7-8(9)4-2;1-4(6)5(2)7-3;1-3-4-2/h10H,1-8H2,(H,14,18)(H,15,19)(H,16,20);8-9H,3-7H2,1-2H3;1-3H3;3-4H2,1-2H3. The highest BCUT2D eigenvalue weighted by atomic mass is 16.7. The van der Waals surface area contributed by atoms with Crippen LogP contribution in [0, 0.1) is 0 Å². The van der Waals surface area contributed by atoms with Gasteiger partial charge in [0.15, 0.2) is 0 Å². The molecule has 2 aliphatic rings. The molecule has 0 aromatic rings. The molecule has 0 aliphatic carbocycles. The number of carbonyl (C=O) groups is 4. The first-order chi connectivity index (χ1) is 19.0. The van der Waals surface area contributed by atoms with Crippen molar-refractivity contribution >= 4 is 23.6 Å². The molecule has 2 aliphatic heterocycles. The van der Waals surface area contributed by atoms with Gasteiger partial charge in [-0.05, 0) is 32.1 Å². The van der Waals surface area contributed by atoms with Crippen molar-refractivity contribution in [3.8, 4) is 0 Å². The van der Waals surface area contributed by atoms with Crippen molar-refractivity contribution in [1.29, 1.82) is 0 Å². The Morgan fingerprint density at radius 1 is 1.00 bits per heavy atom. The molecule has 2 saturated heterocycles. The van der Waals surface area contributed by atoms with Crippen LogP contribution in [0.3, 0.4) is 0 Å². The quantitative estimate of drug-likeness (QED) is 0.272. The normalized spacial score (nSPS) is 18.1. The smallest absolute Gasteiger partial charge is 0.243 e. The van der Waals surface area contributed by atoms with E-state index in [1.54, 1.807) is 7.05 Å². The summed E-state index contributed by atoms with van der Waals surface area (Å²) in [5.41, 5.74) is 0.727. The van der Waals surface area contributed by atoms with Crippen LogP contribution in [0.15, 0.2) is 12.3 Å². The van der Waals surface area contributed by atoms with Crippen LogP contribution in [0.4, 0.5) is 0 Å². The summed E-state index contributed by atoms with van der Waals surface area (Å²) in [7, 11) is 3.00. The van der Waals surface area contributed by atoms with Crippen molar-refractivity contribution in [3.63, 3.8) is 0 Å². The third-order valence-electron chi connectivity index (χ3n) is 6.40. The fraction of sp³-hybridized carbons (Fsp3) is 0.793. The number of carbonyl (C=O) groups excluding carboxylic acids is 4. The molecule has 11 heteroatoms. The van der Waals surface area contributed by atoms with Crippen molar-refractivity contribution in [2.75, 3.05) is 40.3 Å². The van der Waals surface area contributed by atoms with E-state index in [1.807, 2.05) is 11.8 Å². The van der Waals surface area contributed by atoms with Crippen molar-refractivity contribution in [2.24, 2.45) is 0 Å². The molecule has 0 saturated carbocycles. The number of aliphatic hydroxyl groups excluding tert-OH is 1. The van der Waals surface area contributed by atoms with Crippen molar-refractivity contribution < 1.29 is 29.1 Å². The maximum atomic E-state index is 12.2. The minimum atomic E-state index is -0.366. The molecule has 4 amide bonds. The average molecular weight is 572 g/mol. The number of hydrogen-bond donors (Lipinski definition) is 4. The van der Waals surface area contributed by atoms with Gasteiger partial charge < -0.3 is 26.0 Å². The van der Waals surface area contributed by atoms with E-state index in [1.165, 1.54) is 46.1 Å². The van der Waals surface area contributed by atoms with Crippen LogP contribution < -0.4 is 16.0 Å². The minimum Gasteiger partial charge on any atom is -0.393 e. The predicted octanol–water partition coefficient (Wildman–Crippen LogP) is 2.89. The fourth-order valence-electron chi connectivity index (χ4n) is 3.44. The first-order valence-corrected chi connectivity index (χ1v) is 14.7. The second kappa shape index (κ2) is 25.3. The van der Waals surface area contributed by atoms with Gasteiger partial charge in [0.25, 0.3) is 0 Å². The number of nitrogens with one attached hydrogen (secondary N) is 3. The summed E-state index contributed by atoms with van der Waals surface area (Å²) in [6.45, 7) is 14.8. The lowest BCUT2D eigenvalue weighted by Crippen LogP contribution is -2.53. The molecule has 0 bridgehead atoms. The number of nitrogens with zero attached hydrogens (tertiary/aromatic N) is 2. The van der Waals surface area contributed by atoms with E-state index >= 15 is 0 Å². The highest BCUT2D eigenvalue weighted by Gasteiger charge is 2.30. The SMILES string of the molecule is C=C1CNC(=O)CNC(=O)CNC(=O)C2CCCCN12.CCCC.CCCCCC(O)CC.CON(C)C(C)=O. The molecule has 2 rings (SSSR count). The van der Waals surface area contributed by atoms with E-state index in [9.17, 15) is 19.2 Å². The first kappa shape index (κ1) is 39.5. The number of unbranched alkanes of at least 4 members (excludes halogenated alkanes) is 3. The van der Waals surface area contributed by atoms with Crippen LogP contribution >= 0.6 is 0 Å². The lowest BCUT2D eigenvalue weighted by Gasteiger charge is -2.37. The Hall–Kier alpha value is -2.66. The summed E-state index contributed by atoms with van der Waals surface area (Å²) < 4.78 is 0. The average Bonchev–Trinajstić information content (AvgIpc) is 2.97. The molecule has 40 heavy (non-hydrogen) atoms. The summed E-state index contributed by atoms with van der Waals surface area (Å²) >= 11 is 0. The second-order valence-corrected chi connectivity index (χ2v) is 9.80. The number of hydrogen-bond acceptors (Lipinski definition) is 7. The van der Waals surface area contributed by atoms with Gasteiger partial charge in [-0.2, -0.15) is 0 Å². The monoisotopic (exact) mass is 571 g/mol. The van der Waals surface area contributed by atoms with Gasteiger partial charge in [-0.1, -0.05) is 66.4 Å². The van der Waals surface area contributed by atoms with E-state index in [2.05, 4.69) is 48.1 Å². The van der Waals surface area contributed by atoms with Gasteiger partial charge in [-0.15, -0.1) is 0 Å². The Morgan fingerprint density at radius 2 is 1.57 bits per heavy atom. The predicted molar refractivity (Wildman–Crippen MR) is 159 cm³/mol. The summed E-state index contributed by atoms with van der Waals surface area (Å²) in [5, 5.41) is 18.0. The fourth-order valence-corrected chi connectivity index (χ4v) is 3.44. The molecule has 234 valence electrons. The van der Waals surface area contributed by atoms with Gasteiger partial charge >= 0.3 is 0 Å². The largest absolute Gasteiger partial charge is 0.393 e.